The van der Waals surface area contributed by atoms with Gasteiger partial charge in [-0.15, -0.1) is 0 Å². The van der Waals surface area contributed by atoms with E-state index < -0.39 is 11.9 Å². The summed E-state index contributed by atoms with van der Waals surface area (Å²) in [5.74, 6) is -1.82. The fourth-order valence-electron chi connectivity index (χ4n) is 1.01. The van der Waals surface area contributed by atoms with Crippen molar-refractivity contribution in [2.24, 2.45) is 0 Å². The second-order valence-corrected chi connectivity index (χ2v) is 3.59. The fourth-order valence-corrected chi connectivity index (χ4v) is 1.01. The van der Waals surface area contributed by atoms with Crippen LogP contribution in [0.25, 0.3) is 0 Å². The van der Waals surface area contributed by atoms with Gasteiger partial charge in [-0.05, 0) is 43.2 Å². The molecule has 0 saturated carbocycles. The number of Topliss-reactive ketones (excluding diaryl/α,β-unsaturated/α-hetero) is 1. The molecule has 0 aliphatic carbocycles. The van der Waals surface area contributed by atoms with Crippen LogP contribution in [-0.2, 0) is 9.59 Å². The predicted octanol–water partition coefficient (Wildman–Crippen LogP) is -6.83. The summed E-state index contributed by atoms with van der Waals surface area (Å²) < 4.78 is 4.84. The van der Waals surface area contributed by atoms with Crippen LogP contribution < -0.4 is 74.1 Å². The molecule has 0 spiro atoms. The van der Waals surface area contributed by atoms with Crippen molar-refractivity contribution in [3.8, 4) is 5.75 Å². The molecule has 104 valence electrons. The number of aromatic carboxylic acids is 1. The number of benzene rings is 1. The number of hydrogen-bond acceptors (Lipinski definition) is 6. The van der Waals surface area contributed by atoms with Crippen molar-refractivity contribution in [2.45, 2.75) is 19.8 Å². The van der Waals surface area contributed by atoms with Gasteiger partial charge < -0.3 is 29.3 Å². The van der Waals surface area contributed by atoms with Gasteiger partial charge in [0, 0.05) is 12.4 Å². The van der Waals surface area contributed by atoms with Crippen LogP contribution in [0, 0.1) is 0 Å². The van der Waals surface area contributed by atoms with E-state index in [1.54, 1.807) is 12.1 Å². The topological polar surface area (TPSA) is 107 Å². The molecular formula is C13H14Na2O6. The molecule has 0 radical (unpaired) electrons. The number of carboxylic acid groups (broad SMARTS) is 2. The van der Waals surface area contributed by atoms with E-state index in [0.29, 0.717) is 5.75 Å². The Morgan fingerprint density at radius 1 is 1.00 bits per heavy atom. The molecule has 0 amide bonds. The molecule has 0 aromatic heterocycles. The van der Waals surface area contributed by atoms with E-state index in [9.17, 15) is 24.6 Å². The first-order chi connectivity index (χ1) is 8.86. The number of ketones is 1. The number of rotatable bonds is 5. The van der Waals surface area contributed by atoms with Gasteiger partial charge in [0.15, 0.2) is 0 Å². The molecule has 1 aromatic carbocycles. The van der Waals surface area contributed by atoms with E-state index in [1.807, 2.05) is 0 Å². The summed E-state index contributed by atoms with van der Waals surface area (Å²) in [5.41, 5.74) is 0.158. The minimum absolute atomic E-state index is 0. The molecule has 0 atom stereocenters. The summed E-state index contributed by atoms with van der Waals surface area (Å²) in [5, 5.41) is 19.9. The van der Waals surface area contributed by atoms with E-state index in [4.69, 9.17) is 4.74 Å². The van der Waals surface area contributed by atoms with Crippen molar-refractivity contribution in [2.75, 3.05) is 7.11 Å². The van der Waals surface area contributed by atoms with Crippen molar-refractivity contribution in [1.29, 1.82) is 0 Å². The summed E-state index contributed by atoms with van der Waals surface area (Å²) >= 11 is 0. The third-order valence-electron chi connectivity index (χ3n) is 2.01. The number of hydrogen-bond donors (Lipinski definition) is 0. The monoisotopic (exact) mass is 312 g/mol. The molecule has 0 N–H and O–H groups in total. The maximum Gasteiger partial charge on any atom is 1.00 e. The maximum absolute atomic E-state index is 10.2. The number of methoxy groups -OCH3 is 1. The number of carboxylic acids is 2. The third kappa shape index (κ3) is 14.3. The summed E-state index contributed by atoms with van der Waals surface area (Å²) in [7, 11) is 1.52. The Hall–Kier alpha value is -0.370. The molecule has 0 fully saturated rings. The van der Waals surface area contributed by atoms with Crippen LogP contribution in [0.5, 0.6) is 5.75 Å². The predicted molar refractivity (Wildman–Crippen MR) is 62.2 cm³/mol. The zero-order valence-electron chi connectivity index (χ0n) is 12.7. The van der Waals surface area contributed by atoms with Crippen LogP contribution >= 0.6 is 0 Å². The van der Waals surface area contributed by atoms with Crippen molar-refractivity contribution in [3.63, 3.8) is 0 Å². The fraction of sp³-hybridized carbons (Fsp3) is 0.308. The van der Waals surface area contributed by atoms with E-state index in [-0.39, 0.29) is 83.3 Å². The molecule has 6 nitrogen and oxygen atoms in total. The van der Waals surface area contributed by atoms with Gasteiger partial charge in [0.05, 0.1) is 13.1 Å². The van der Waals surface area contributed by atoms with Crippen LogP contribution in [0.4, 0.5) is 0 Å². The Balaban J connectivity index is -0.000000295. The number of aliphatic carboxylic acids is 1. The first-order valence-electron chi connectivity index (χ1n) is 5.41. The Morgan fingerprint density at radius 2 is 1.48 bits per heavy atom. The van der Waals surface area contributed by atoms with E-state index in [0.717, 1.165) is 0 Å². The second-order valence-electron chi connectivity index (χ2n) is 3.59. The molecule has 8 heteroatoms. The third-order valence-corrected chi connectivity index (χ3v) is 2.01. The molecule has 1 aromatic rings. The van der Waals surface area contributed by atoms with Gasteiger partial charge in [-0.2, -0.15) is 0 Å². The first-order valence-corrected chi connectivity index (χ1v) is 5.41. The molecule has 0 unspecified atom stereocenters. The molecular weight excluding hydrogens is 298 g/mol. The number of carbonyl (C=O) groups excluding carboxylic acids is 3. The largest absolute Gasteiger partial charge is 1.00 e. The van der Waals surface area contributed by atoms with Crippen LogP contribution in [0.1, 0.15) is 30.1 Å². The van der Waals surface area contributed by atoms with Gasteiger partial charge in [-0.1, -0.05) is 0 Å². The Bertz CT molecular complexity index is 430. The number of ether oxygens (including phenoxy) is 1. The molecule has 21 heavy (non-hydrogen) atoms. The molecule has 0 aliphatic rings. The van der Waals surface area contributed by atoms with Crippen molar-refractivity contribution in [3.05, 3.63) is 29.8 Å². The second kappa shape index (κ2) is 14.6. The minimum Gasteiger partial charge on any atom is -0.550 e. The van der Waals surface area contributed by atoms with Gasteiger partial charge in [-0.3, -0.25) is 0 Å². The quantitative estimate of drug-likeness (QED) is 0.500. The summed E-state index contributed by atoms with van der Waals surface area (Å²) in [4.78, 5) is 29.9. The standard InChI is InChI=1S/C8H8O3.C5H8O3.2Na/c1-11-7-4-2-6(3-5-7)8(9)10;1-4(6)2-3-5(7)8;;/h2-5H,1H3,(H,9,10);2-3H2,1H3,(H,7,8);;/q;;2*+1/p-2. The van der Waals surface area contributed by atoms with Crippen molar-refractivity contribution < 1.29 is 88.4 Å². The average Bonchev–Trinajstić information content (AvgIpc) is 2.37. The van der Waals surface area contributed by atoms with Gasteiger partial charge in [-0.25, -0.2) is 0 Å². The number of carbonyl (C=O) groups is 3. The van der Waals surface area contributed by atoms with Crippen LogP contribution in [0.3, 0.4) is 0 Å². The van der Waals surface area contributed by atoms with E-state index in [2.05, 4.69) is 0 Å². The summed E-state index contributed by atoms with van der Waals surface area (Å²) in [6, 6.07) is 6.03. The first kappa shape index (κ1) is 25.6. The average molecular weight is 312 g/mol. The van der Waals surface area contributed by atoms with Crippen molar-refractivity contribution >= 4 is 17.7 Å². The summed E-state index contributed by atoms with van der Waals surface area (Å²) in [6.45, 7) is 1.35. The van der Waals surface area contributed by atoms with Gasteiger partial charge in [0.1, 0.15) is 11.5 Å². The van der Waals surface area contributed by atoms with Crippen LogP contribution in [-0.4, -0.2) is 24.8 Å². The smallest absolute Gasteiger partial charge is 0.550 e. The molecule has 1 rings (SSSR count). The Kier molecular flexibility index (Phi) is 17.7. The van der Waals surface area contributed by atoms with Crippen LogP contribution in [0.2, 0.25) is 0 Å². The van der Waals surface area contributed by atoms with Gasteiger partial charge >= 0.3 is 59.1 Å². The van der Waals surface area contributed by atoms with Gasteiger partial charge in [0.25, 0.3) is 0 Å². The van der Waals surface area contributed by atoms with Crippen molar-refractivity contribution in [1.82, 2.24) is 0 Å². The molecule has 0 saturated heterocycles. The van der Waals surface area contributed by atoms with E-state index >= 15 is 0 Å². The zero-order valence-corrected chi connectivity index (χ0v) is 16.7. The Morgan fingerprint density at radius 3 is 1.71 bits per heavy atom. The minimum atomic E-state index is -1.17. The summed E-state index contributed by atoms with van der Waals surface area (Å²) in [6.07, 6.45) is -0.0718. The van der Waals surface area contributed by atoms with Gasteiger partial charge in [0.2, 0.25) is 0 Å². The zero-order chi connectivity index (χ0) is 14.8. The molecule has 0 aliphatic heterocycles. The maximum atomic E-state index is 10.2. The molecule has 0 bridgehead atoms. The van der Waals surface area contributed by atoms with E-state index in [1.165, 1.54) is 26.2 Å². The SMILES string of the molecule is CC(=O)CCC(=O)[O-].COc1ccc(C(=O)[O-])cc1.[Na+].[Na+]. The van der Waals surface area contributed by atoms with Crippen LogP contribution in [0.15, 0.2) is 24.3 Å². The molecule has 0 heterocycles. The normalized spacial score (nSPS) is 8.10. The Labute approximate surface area is 167 Å².